The maximum absolute atomic E-state index is 12.2. The van der Waals surface area contributed by atoms with Gasteiger partial charge in [0.2, 0.25) is 15.8 Å². The first-order valence-corrected chi connectivity index (χ1v) is 9.44. The predicted octanol–water partition coefficient (Wildman–Crippen LogP) is 2.37. The van der Waals surface area contributed by atoms with E-state index in [1.165, 1.54) is 21.3 Å². The van der Waals surface area contributed by atoms with Crippen LogP contribution >= 0.6 is 0 Å². The quantitative estimate of drug-likeness (QED) is 0.738. The zero-order valence-corrected chi connectivity index (χ0v) is 15.4. The van der Waals surface area contributed by atoms with Gasteiger partial charge in [-0.1, -0.05) is 30.3 Å². The average Bonchev–Trinajstić information content (AvgIpc) is 2.64. The minimum atomic E-state index is -3.40. The Hall–Kier alpha value is -2.25. The molecule has 7 heteroatoms. The molecule has 0 spiro atoms. The zero-order chi connectivity index (χ0) is 18.3. The van der Waals surface area contributed by atoms with E-state index in [2.05, 4.69) is 4.72 Å². The normalized spacial score (nSPS) is 11.2. The van der Waals surface area contributed by atoms with E-state index in [9.17, 15) is 8.42 Å². The van der Waals surface area contributed by atoms with Crippen LogP contribution in [0.4, 0.5) is 0 Å². The number of benzene rings is 2. The standard InChI is InChI=1S/C18H23NO5S/c1-22-16-11-15(12-17(23-2)18(16)24-3)13-19-25(20,21)10-9-14-7-5-4-6-8-14/h4-8,11-12,19H,9-10,13H2,1-3H3. The molecule has 136 valence electrons. The lowest BCUT2D eigenvalue weighted by Crippen LogP contribution is -2.26. The van der Waals surface area contributed by atoms with E-state index >= 15 is 0 Å². The van der Waals surface area contributed by atoms with Gasteiger partial charge in [-0.15, -0.1) is 0 Å². The number of hydrogen-bond acceptors (Lipinski definition) is 5. The third-order valence-corrected chi connectivity index (χ3v) is 5.05. The Bertz CT molecular complexity index is 765. The molecule has 0 fully saturated rings. The van der Waals surface area contributed by atoms with Crippen molar-refractivity contribution >= 4 is 10.0 Å². The fourth-order valence-electron chi connectivity index (χ4n) is 2.40. The Morgan fingerprint density at radius 1 is 0.880 bits per heavy atom. The molecular weight excluding hydrogens is 342 g/mol. The summed E-state index contributed by atoms with van der Waals surface area (Å²) in [4.78, 5) is 0. The average molecular weight is 365 g/mol. The summed E-state index contributed by atoms with van der Waals surface area (Å²) in [6.45, 7) is 0.147. The summed E-state index contributed by atoms with van der Waals surface area (Å²) in [7, 11) is 1.16. The van der Waals surface area contributed by atoms with E-state index in [1.54, 1.807) is 12.1 Å². The topological polar surface area (TPSA) is 73.9 Å². The molecule has 0 aliphatic carbocycles. The second-order valence-corrected chi connectivity index (χ2v) is 7.34. The lowest BCUT2D eigenvalue weighted by molar-refractivity contribution is 0.323. The molecule has 25 heavy (non-hydrogen) atoms. The maximum Gasteiger partial charge on any atom is 0.212 e. The molecule has 2 rings (SSSR count). The van der Waals surface area contributed by atoms with Crippen molar-refractivity contribution in [2.45, 2.75) is 13.0 Å². The van der Waals surface area contributed by atoms with Crippen molar-refractivity contribution in [2.24, 2.45) is 0 Å². The smallest absolute Gasteiger partial charge is 0.212 e. The lowest BCUT2D eigenvalue weighted by Gasteiger charge is -2.14. The van der Waals surface area contributed by atoms with Gasteiger partial charge in [0.25, 0.3) is 0 Å². The summed E-state index contributed by atoms with van der Waals surface area (Å²) in [6.07, 6.45) is 0.464. The molecule has 0 unspecified atom stereocenters. The Morgan fingerprint density at radius 3 is 2.00 bits per heavy atom. The van der Waals surface area contributed by atoms with E-state index in [0.29, 0.717) is 23.7 Å². The summed E-state index contributed by atoms with van der Waals surface area (Å²) >= 11 is 0. The van der Waals surface area contributed by atoms with E-state index in [0.717, 1.165) is 11.1 Å². The van der Waals surface area contributed by atoms with Crippen molar-refractivity contribution in [2.75, 3.05) is 27.1 Å². The van der Waals surface area contributed by atoms with Gasteiger partial charge in [-0.25, -0.2) is 13.1 Å². The van der Waals surface area contributed by atoms with Crippen LogP contribution in [0.2, 0.25) is 0 Å². The predicted molar refractivity (Wildman–Crippen MR) is 96.9 cm³/mol. The minimum absolute atomic E-state index is 0.0292. The Labute approximate surface area is 148 Å². The number of aryl methyl sites for hydroxylation is 1. The summed E-state index contributed by atoms with van der Waals surface area (Å²) in [5.41, 5.74) is 1.71. The summed E-state index contributed by atoms with van der Waals surface area (Å²) < 4.78 is 42.8. The van der Waals surface area contributed by atoms with Gasteiger partial charge in [-0.05, 0) is 29.7 Å². The van der Waals surface area contributed by atoms with Gasteiger partial charge in [0.15, 0.2) is 11.5 Å². The highest BCUT2D eigenvalue weighted by Gasteiger charge is 2.15. The van der Waals surface area contributed by atoms with Gasteiger partial charge in [-0.3, -0.25) is 0 Å². The van der Waals surface area contributed by atoms with E-state index in [1.807, 2.05) is 30.3 Å². The highest BCUT2D eigenvalue weighted by atomic mass is 32.2. The van der Waals surface area contributed by atoms with E-state index < -0.39 is 10.0 Å². The first-order valence-electron chi connectivity index (χ1n) is 7.79. The number of ether oxygens (including phenoxy) is 3. The summed E-state index contributed by atoms with van der Waals surface area (Å²) in [5.74, 6) is 1.47. The molecule has 2 aromatic rings. The molecule has 0 bridgehead atoms. The van der Waals surface area contributed by atoms with Crippen LogP contribution in [0.1, 0.15) is 11.1 Å². The van der Waals surface area contributed by atoms with Crippen molar-refractivity contribution < 1.29 is 22.6 Å². The first kappa shape index (κ1) is 19.1. The molecule has 0 heterocycles. The number of methoxy groups -OCH3 is 3. The van der Waals surface area contributed by atoms with Crippen LogP contribution in [0.15, 0.2) is 42.5 Å². The third-order valence-electron chi connectivity index (χ3n) is 3.72. The van der Waals surface area contributed by atoms with Crippen molar-refractivity contribution in [3.63, 3.8) is 0 Å². The van der Waals surface area contributed by atoms with Gasteiger partial charge >= 0.3 is 0 Å². The number of hydrogen-bond donors (Lipinski definition) is 1. The highest BCUT2D eigenvalue weighted by Crippen LogP contribution is 2.38. The first-order chi connectivity index (χ1) is 12.0. The van der Waals surface area contributed by atoms with Crippen LogP contribution in [-0.2, 0) is 23.0 Å². The van der Waals surface area contributed by atoms with Gasteiger partial charge in [0.05, 0.1) is 27.1 Å². The number of nitrogens with one attached hydrogen (secondary N) is 1. The minimum Gasteiger partial charge on any atom is -0.493 e. The molecule has 0 amide bonds. The van der Waals surface area contributed by atoms with E-state index in [4.69, 9.17) is 14.2 Å². The molecule has 1 N–H and O–H groups in total. The molecule has 0 aromatic heterocycles. The molecule has 0 aliphatic heterocycles. The largest absolute Gasteiger partial charge is 0.493 e. The zero-order valence-electron chi connectivity index (χ0n) is 14.6. The van der Waals surface area contributed by atoms with Gasteiger partial charge < -0.3 is 14.2 Å². The summed E-state index contributed by atoms with van der Waals surface area (Å²) in [5, 5.41) is 0. The monoisotopic (exact) mass is 365 g/mol. The highest BCUT2D eigenvalue weighted by molar-refractivity contribution is 7.89. The van der Waals surface area contributed by atoms with Crippen LogP contribution in [0.25, 0.3) is 0 Å². The van der Waals surface area contributed by atoms with Gasteiger partial charge in [0, 0.05) is 6.54 Å². The number of rotatable bonds is 9. The third kappa shape index (κ3) is 5.37. The SMILES string of the molecule is COc1cc(CNS(=O)(=O)CCc2ccccc2)cc(OC)c1OC. The molecule has 0 aliphatic rings. The Morgan fingerprint density at radius 2 is 1.48 bits per heavy atom. The van der Waals surface area contributed by atoms with Crippen molar-refractivity contribution in [1.82, 2.24) is 4.72 Å². The van der Waals surface area contributed by atoms with Crippen molar-refractivity contribution in [3.8, 4) is 17.2 Å². The summed E-state index contributed by atoms with van der Waals surface area (Å²) in [6, 6.07) is 13.0. The maximum atomic E-state index is 12.2. The Kier molecular flexibility index (Phi) is 6.66. The van der Waals surface area contributed by atoms with E-state index in [-0.39, 0.29) is 12.3 Å². The second-order valence-electron chi connectivity index (χ2n) is 5.41. The molecule has 0 atom stereocenters. The lowest BCUT2D eigenvalue weighted by atomic mass is 10.2. The fourth-order valence-corrected chi connectivity index (χ4v) is 3.44. The Balaban J connectivity index is 2.04. The van der Waals surface area contributed by atoms with Crippen molar-refractivity contribution in [1.29, 1.82) is 0 Å². The van der Waals surface area contributed by atoms with Crippen LogP contribution in [-0.4, -0.2) is 35.5 Å². The molecule has 0 saturated carbocycles. The van der Waals surface area contributed by atoms with Crippen LogP contribution < -0.4 is 18.9 Å². The molecule has 0 saturated heterocycles. The molecular formula is C18H23NO5S. The second kappa shape index (κ2) is 8.73. The van der Waals surface area contributed by atoms with Crippen LogP contribution in [0.3, 0.4) is 0 Å². The van der Waals surface area contributed by atoms with Crippen LogP contribution in [0, 0.1) is 0 Å². The van der Waals surface area contributed by atoms with Gasteiger partial charge in [0.1, 0.15) is 0 Å². The molecule has 6 nitrogen and oxygen atoms in total. The van der Waals surface area contributed by atoms with Crippen molar-refractivity contribution in [3.05, 3.63) is 53.6 Å². The molecule has 2 aromatic carbocycles. The number of sulfonamides is 1. The fraction of sp³-hybridized carbons (Fsp3) is 0.333. The van der Waals surface area contributed by atoms with Gasteiger partial charge in [-0.2, -0.15) is 0 Å². The molecule has 0 radical (unpaired) electrons. The van der Waals surface area contributed by atoms with Crippen LogP contribution in [0.5, 0.6) is 17.2 Å².